The van der Waals surface area contributed by atoms with Crippen LogP contribution in [0.1, 0.15) is 33.3 Å². The number of esters is 1. The third kappa shape index (κ3) is 5.72. The van der Waals surface area contributed by atoms with Crippen LogP contribution in [0.4, 0.5) is 0 Å². The molecule has 0 spiro atoms. The van der Waals surface area contributed by atoms with Crippen LogP contribution in [0.15, 0.2) is 41.8 Å². The Morgan fingerprint density at radius 2 is 2.00 bits per heavy atom. The maximum atomic E-state index is 12.1. The second-order valence-corrected chi connectivity index (χ2v) is 6.45. The molecule has 1 unspecified atom stereocenters. The number of benzene rings is 1. The molecule has 132 valence electrons. The van der Waals surface area contributed by atoms with Crippen molar-refractivity contribution < 1.29 is 19.1 Å². The summed E-state index contributed by atoms with van der Waals surface area (Å²) in [6.07, 6.45) is 0.0363. The highest BCUT2D eigenvalue weighted by atomic mass is 32.1. The number of hydrogen-bond acceptors (Lipinski definition) is 5. The first-order valence-electron chi connectivity index (χ1n) is 7.74. The summed E-state index contributed by atoms with van der Waals surface area (Å²) in [6.45, 7) is 1.72. The Morgan fingerprint density at radius 3 is 2.64 bits per heavy atom. The van der Waals surface area contributed by atoms with E-state index in [2.05, 4.69) is 15.4 Å². The van der Waals surface area contributed by atoms with Crippen molar-refractivity contribution in [3.8, 4) is 0 Å². The summed E-state index contributed by atoms with van der Waals surface area (Å²) in [7, 11) is 1.30. The predicted octanol–water partition coefficient (Wildman–Crippen LogP) is 2.21. The van der Waals surface area contributed by atoms with Gasteiger partial charge in [0.1, 0.15) is 0 Å². The maximum absolute atomic E-state index is 12.1. The molecule has 1 atom stereocenters. The van der Waals surface area contributed by atoms with Gasteiger partial charge in [-0.2, -0.15) is 0 Å². The Hall–Kier alpha value is -2.67. The van der Waals surface area contributed by atoms with Crippen molar-refractivity contribution >= 4 is 29.1 Å². The number of carbonyl (C=O) groups is 3. The molecule has 1 aromatic carbocycles. The molecular weight excluding hydrogens is 340 g/mol. The highest BCUT2D eigenvalue weighted by Gasteiger charge is 2.20. The third-order valence-electron chi connectivity index (χ3n) is 3.51. The molecule has 0 saturated heterocycles. The minimum Gasteiger partial charge on any atom is -0.469 e. The van der Waals surface area contributed by atoms with Gasteiger partial charge in [0.25, 0.3) is 5.91 Å². The fraction of sp³-hybridized carbons (Fsp3) is 0.278. The van der Waals surface area contributed by atoms with E-state index in [0.29, 0.717) is 5.56 Å². The summed E-state index contributed by atoms with van der Waals surface area (Å²) in [6, 6.07) is 10.3. The number of methoxy groups -OCH3 is 1. The largest absolute Gasteiger partial charge is 0.469 e. The topological polar surface area (TPSA) is 84.5 Å². The van der Waals surface area contributed by atoms with Crippen LogP contribution in [0.3, 0.4) is 0 Å². The van der Waals surface area contributed by atoms with Crippen molar-refractivity contribution in [3.63, 3.8) is 0 Å². The quantitative estimate of drug-likeness (QED) is 0.742. The molecule has 25 heavy (non-hydrogen) atoms. The molecule has 7 heteroatoms. The van der Waals surface area contributed by atoms with Crippen LogP contribution in [0.2, 0.25) is 0 Å². The van der Waals surface area contributed by atoms with Gasteiger partial charge < -0.3 is 15.4 Å². The summed E-state index contributed by atoms with van der Waals surface area (Å²) in [5, 5.41) is 7.21. The van der Waals surface area contributed by atoms with Gasteiger partial charge in [0, 0.05) is 10.4 Å². The average molecular weight is 360 g/mol. The highest BCUT2D eigenvalue weighted by molar-refractivity contribution is 7.10. The van der Waals surface area contributed by atoms with Gasteiger partial charge in [-0.3, -0.25) is 14.4 Å². The van der Waals surface area contributed by atoms with Crippen LogP contribution in [0, 0.1) is 6.92 Å². The molecule has 1 aromatic heterocycles. The lowest BCUT2D eigenvalue weighted by atomic mass is 10.1. The molecule has 0 saturated carbocycles. The first-order chi connectivity index (χ1) is 12.0. The SMILES string of the molecule is COC(=O)CC(NC(=O)CNC(=O)c1cccc(C)c1)c1cccs1. The molecule has 2 rings (SSSR count). The second-order valence-electron chi connectivity index (χ2n) is 5.47. The van der Waals surface area contributed by atoms with Crippen molar-refractivity contribution in [2.24, 2.45) is 0 Å². The molecule has 0 bridgehead atoms. The van der Waals surface area contributed by atoms with E-state index in [1.165, 1.54) is 18.4 Å². The van der Waals surface area contributed by atoms with E-state index >= 15 is 0 Å². The number of carbonyl (C=O) groups excluding carboxylic acids is 3. The molecule has 2 N–H and O–H groups in total. The van der Waals surface area contributed by atoms with E-state index in [0.717, 1.165) is 10.4 Å². The summed E-state index contributed by atoms with van der Waals surface area (Å²) in [5.41, 5.74) is 1.46. The minimum atomic E-state index is -0.476. The smallest absolute Gasteiger partial charge is 0.307 e. The van der Waals surface area contributed by atoms with E-state index in [-0.39, 0.29) is 24.8 Å². The summed E-state index contributed by atoms with van der Waals surface area (Å²) < 4.78 is 4.67. The molecule has 2 amide bonds. The van der Waals surface area contributed by atoms with E-state index in [1.807, 2.05) is 30.5 Å². The monoisotopic (exact) mass is 360 g/mol. The normalized spacial score (nSPS) is 11.4. The number of hydrogen-bond donors (Lipinski definition) is 2. The Balaban J connectivity index is 1.92. The first-order valence-corrected chi connectivity index (χ1v) is 8.62. The molecule has 1 heterocycles. The van der Waals surface area contributed by atoms with E-state index < -0.39 is 12.0 Å². The molecule has 0 aliphatic rings. The summed E-state index contributed by atoms with van der Waals surface area (Å²) in [4.78, 5) is 36.6. The molecule has 0 aliphatic heterocycles. The Bertz CT molecular complexity index is 743. The molecule has 2 aromatic rings. The zero-order valence-electron chi connectivity index (χ0n) is 14.1. The number of aryl methyl sites for hydroxylation is 1. The van der Waals surface area contributed by atoms with Gasteiger partial charge in [-0.15, -0.1) is 11.3 Å². The van der Waals surface area contributed by atoms with E-state index in [4.69, 9.17) is 0 Å². The van der Waals surface area contributed by atoms with Gasteiger partial charge in [-0.05, 0) is 30.5 Å². The van der Waals surface area contributed by atoms with Crippen molar-refractivity contribution in [1.82, 2.24) is 10.6 Å². The van der Waals surface area contributed by atoms with Crippen LogP contribution in [0.25, 0.3) is 0 Å². The molecular formula is C18H20N2O4S. The molecule has 0 radical (unpaired) electrons. The van der Waals surface area contributed by atoms with Crippen LogP contribution < -0.4 is 10.6 Å². The van der Waals surface area contributed by atoms with Crippen molar-refractivity contribution in [1.29, 1.82) is 0 Å². The Labute approximate surface area is 150 Å². The lowest BCUT2D eigenvalue weighted by Crippen LogP contribution is -2.39. The fourth-order valence-electron chi connectivity index (χ4n) is 2.26. The van der Waals surface area contributed by atoms with Crippen LogP contribution in [0.5, 0.6) is 0 Å². The number of rotatable bonds is 7. The Kier molecular flexibility index (Phi) is 6.71. The van der Waals surface area contributed by atoms with Gasteiger partial charge in [0.2, 0.25) is 5.91 Å². The third-order valence-corrected chi connectivity index (χ3v) is 4.50. The van der Waals surface area contributed by atoms with Gasteiger partial charge in [-0.1, -0.05) is 23.8 Å². The second kappa shape index (κ2) is 8.98. The van der Waals surface area contributed by atoms with Gasteiger partial charge in [-0.25, -0.2) is 0 Å². The predicted molar refractivity (Wildman–Crippen MR) is 95.3 cm³/mol. The lowest BCUT2D eigenvalue weighted by Gasteiger charge is -2.16. The molecule has 6 nitrogen and oxygen atoms in total. The molecule has 0 aliphatic carbocycles. The standard InChI is InChI=1S/C18H20N2O4S/c1-12-5-3-6-13(9-12)18(23)19-11-16(21)20-14(10-17(22)24-2)15-7-4-8-25-15/h3-9,14H,10-11H2,1-2H3,(H,19,23)(H,20,21). The summed E-state index contributed by atoms with van der Waals surface area (Å²) in [5.74, 6) is -1.11. The lowest BCUT2D eigenvalue weighted by molar-refractivity contribution is -0.141. The van der Waals surface area contributed by atoms with E-state index in [1.54, 1.807) is 18.2 Å². The zero-order chi connectivity index (χ0) is 18.2. The van der Waals surface area contributed by atoms with Crippen molar-refractivity contribution in [3.05, 3.63) is 57.8 Å². The first kappa shape index (κ1) is 18.7. The number of amides is 2. The van der Waals surface area contributed by atoms with Crippen LogP contribution in [-0.4, -0.2) is 31.4 Å². The minimum absolute atomic E-state index is 0.0363. The van der Waals surface area contributed by atoms with Gasteiger partial charge in [0.05, 0.1) is 26.1 Å². The van der Waals surface area contributed by atoms with Gasteiger partial charge >= 0.3 is 5.97 Å². The van der Waals surface area contributed by atoms with Gasteiger partial charge in [0.15, 0.2) is 0 Å². The number of nitrogens with one attached hydrogen (secondary N) is 2. The van der Waals surface area contributed by atoms with Crippen molar-refractivity contribution in [2.45, 2.75) is 19.4 Å². The molecule has 0 fully saturated rings. The van der Waals surface area contributed by atoms with Crippen molar-refractivity contribution in [2.75, 3.05) is 13.7 Å². The number of thiophene rings is 1. The maximum Gasteiger partial charge on any atom is 0.307 e. The van der Waals surface area contributed by atoms with E-state index in [9.17, 15) is 14.4 Å². The number of ether oxygens (including phenoxy) is 1. The summed E-state index contributed by atoms with van der Waals surface area (Å²) >= 11 is 1.44. The van der Waals surface area contributed by atoms with Crippen LogP contribution in [-0.2, 0) is 14.3 Å². The average Bonchev–Trinajstić information content (AvgIpc) is 3.13. The Morgan fingerprint density at radius 1 is 1.20 bits per heavy atom. The van der Waals surface area contributed by atoms with Crippen LogP contribution >= 0.6 is 11.3 Å². The highest BCUT2D eigenvalue weighted by Crippen LogP contribution is 2.22. The fourth-order valence-corrected chi connectivity index (χ4v) is 3.03. The zero-order valence-corrected chi connectivity index (χ0v) is 14.9.